The summed E-state index contributed by atoms with van der Waals surface area (Å²) in [4.78, 5) is 3.28. The predicted molar refractivity (Wildman–Crippen MR) is 73.0 cm³/mol. The minimum Gasteiger partial charge on any atom is -0.245 e. The largest absolute Gasteiger partial charge is 0.419 e. The molecule has 0 amide bonds. The van der Waals surface area contributed by atoms with Gasteiger partial charge in [0.15, 0.2) is 5.69 Å². The predicted octanol–water partition coefficient (Wildman–Crippen LogP) is 5.34. The van der Waals surface area contributed by atoms with E-state index in [2.05, 4.69) is 18.8 Å². The van der Waals surface area contributed by atoms with Crippen molar-refractivity contribution in [1.82, 2.24) is 4.98 Å². The Hall–Kier alpha value is -1.57. The lowest BCUT2D eigenvalue weighted by Gasteiger charge is -2.05. The Bertz CT molecular complexity index is 402. The summed E-state index contributed by atoms with van der Waals surface area (Å²) in [5.74, 6) is 0. The van der Waals surface area contributed by atoms with E-state index in [0.29, 0.717) is 0 Å². The Labute approximate surface area is 118 Å². The first-order valence-electron chi connectivity index (χ1n) is 6.89. The number of alkyl halides is 3. The molecule has 0 bridgehead atoms. The molecule has 1 heterocycles. The first-order valence-corrected chi connectivity index (χ1v) is 6.89. The molecular weight excluding hydrogens is 265 g/mol. The van der Waals surface area contributed by atoms with Crippen molar-refractivity contribution in [2.24, 2.45) is 0 Å². The van der Waals surface area contributed by atoms with Gasteiger partial charge >= 0.3 is 6.18 Å². The molecule has 2 nitrogen and oxygen atoms in total. The molecule has 0 aliphatic heterocycles. The van der Waals surface area contributed by atoms with Gasteiger partial charge in [0.2, 0.25) is 0 Å². The summed E-state index contributed by atoms with van der Waals surface area (Å²) >= 11 is 0. The van der Waals surface area contributed by atoms with Crippen LogP contribution in [0.4, 0.5) is 13.2 Å². The molecule has 1 aromatic heterocycles. The van der Waals surface area contributed by atoms with E-state index in [1.54, 1.807) is 0 Å². The second kappa shape index (κ2) is 10.2. The summed E-state index contributed by atoms with van der Waals surface area (Å²) in [5, 5.41) is 8.27. The minimum absolute atomic E-state index is 0.593. The van der Waals surface area contributed by atoms with E-state index >= 15 is 0 Å². The van der Waals surface area contributed by atoms with E-state index in [0.717, 1.165) is 18.3 Å². The van der Waals surface area contributed by atoms with E-state index in [1.165, 1.54) is 44.6 Å². The van der Waals surface area contributed by atoms with E-state index in [1.807, 2.05) is 0 Å². The van der Waals surface area contributed by atoms with Crippen LogP contribution in [0.15, 0.2) is 18.3 Å². The van der Waals surface area contributed by atoms with Crippen molar-refractivity contribution >= 4 is 0 Å². The molecule has 0 spiro atoms. The van der Waals surface area contributed by atoms with Crippen LogP contribution in [0.3, 0.4) is 0 Å². The standard InChI is InChI=1S/C8H18.C7H3F3N2/c1-3-5-7-8-6-4-2;8-7(9,10)5-2-1-3-12-6(5)4-11/h3-8H2,1-2H3;1-3H. The van der Waals surface area contributed by atoms with Gasteiger partial charge in [-0.3, -0.25) is 0 Å². The molecule has 0 unspecified atom stereocenters. The lowest BCUT2D eigenvalue weighted by molar-refractivity contribution is -0.138. The maximum absolute atomic E-state index is 12.0. The molecule has 0 aromatic carbocycles. The Morgan fingerprint density at radius 1 is 1.10 bits per heavy atom. The van der Waals surface area contributed by atoms with Crippen molar-refractivity contribution in [3.05, 3.63) is 29.6 Å². The number of aromatic nitrogens is 1. The molecule has 0 aliphatic carbocycles. The summed E-state index contributed by atoms with van der Waals surface area (Å²) in [7, 11) is 0. The van der Waals surface area contributed by atoms with Gasteiger partial charge in [0.25, 0.3) is 0 Å². The zero-order chi connectivity index (χ0) is 15.4. The van der Waals surface area contributed by atoms with Gasteiger partial charge in [-0.2, -0.15) is 18.4 Å². The summed E-state index contributed by atoms with van der Waals surface area (Å²) in [6.45, 7) is 4.51. The Balaban J connectivity index is 0.000000396. The number of nitriles is 1. The number of pyridine rings is 1. The van der Waals surface area contributed by atoms with E-state index in [9.17, 15) is 13.2 Å². The number of unbranched alkanes of at least 4 members (excludes halogenated alkanes) is 5. The van der Waals surface area contributed by atoms with Crippen LogP contribution >= 0.6 is 0 Å². The fourth-order valence-corrected chi connectivity index (χ4v) is 1.58. The zero-order valence-electron chi connectivity index (χ0n) is 12.0. The third kappa shape index (κ3) is 7.78. The molecule has 0 radical (unpaired) electrons. The highest BCUT2D eigenvalue weighted by atomic mass is 19.4. The lowest BCUT2D eigenvalue weighted by Crippen LogP contribution is -2.08. The van der Waals surface area contributed by atoms with E-state index < -0.39 is 17.4 Å². The van der Waals surface area contributed by atoms with Crippen molar-refractivity contribution in [1.29, 1.82) is 5.26 Å². The molecular formula is C15H21F3N2. The van der Waals surface area contributed by atoms with Crippen LogP contribution in [0.2, 0.25) is 0 Å². The van der Waals surface area contributed by atoms with Crippen LogP contribution in [0.25, 0.3) is 0 Å². The monoisotopic (exact) mass is 286 g/mol. The number of rotatable bonds is 5. The van der Waals surface area contributed by atoms with Gasteiger partial charge < -0.3 is 0 Å². The number of nitrogens with zero attached hydrogens (tertiary/aromatic N) is 2. The molecule has 0 atom stereocenters. The molecule has 0 aliphatic rings. The summed E-state index contributed by atoms with van der Waals surface area (Å²) in [5.41, 5.74) is -1.59. The van der Waals surface area contributed by atoms with Crippen molar-refractivity contribution in [3.63, 3.8) is 0 Å². The van der Waals surface area contributed by atoms with Gasteiger partial charge in [0, 0.05) is 6.20 Å². The van der Waals surface area contributed by atoms with Crippen LogP contribution in [0, 0.1) is 11.3 Å². The Morgan fingerprint density at radius 3 is 2.00 bits per heavy atom. The van der Waals surface area contributed by atoms with Gasteiger partial charge in [-0.15, -0.1) is 0 Å². The number of hydrogen-bond acceptors (Lipinski definition) is 2. The molecule has 5 heteroatoms. The summed E-state index contributed by atoms with van der Waals surface area (Å²) in [6, 6.07) is 3.34. The van der Waals surface area contributed by atoms with Crippen LogP contribution in [0.5, 0.6) is 0 Å². The smallest absolute Gasteiger partial charge is 0.245 e. The highest BCUT2D eigenvalue weighted by molar-refractivity contribution is 5.32. The molecule has 1 rings (SSSR count). The quantitative estimate of drug-likeness (QED) is 0.685. The average Bonchev–Trinajstić information content (AvgIpc) is 2.43. The van der Waals surface area contributed by atoms with Gasteiger partial charge in [-0.05, 0) is 12.1 Å². The second-order valence-corrected chi connectivity index (χ2v) is 4.42. The summed E-state index contributed by atoms with van der Waals surface area (Å²) < 4.78 is 36.1. The number of hydrogen-bond donors (Lipinski definition) is 0. The molecule has 0 fully saturated rings. The SMILES string of the molecule is CCCCCCCC.N#Cc1ncccc1C(F)(F)F. The molecule has 0 N–H and O–H groups in total. The van der Waals surface area contributed by atoms with Crippen LogP contribution in [0.1, 0.15) is 63.6 Å². The Kier molecular flexibility index (Phi) is 9.44. The highest BCUT2D eigenvalue weighted by Crippen LogP contribution is 2.30. The van der Waals surface area contributed by atoms with E-state index in [4.69, 9.17) is 5.26 Å². The van der Waals surface area contributed by atoms with Crippen LogP contribution in [-0.2, 0) is 6.18 Å². The maximum Gasteiger partial charge on any atom is 0.419 e. The zero-order valence-corrected chi connectivity index (χ0v) is 12.0. The third-order valence-electron chi connectivity index (χ3n) is 2.68. The highest BCUT2D eigenvalue weighted by Gasteiger charge is 2.33. The second-order valence-electron chi connectivity index (χ2n) is 4.42. The number of halogens is 3. The minimum atomic E-state index is -4.50. The molecule has 112 valence electrons. The normalized spacial score (nSPS) is 10.4. The van der Waals surface area contributed by atoms with Gasteiger partial charge in [-0.25, -0.2) is 4.98 Å². The van der Waals surface area contributed by atoms with E-state index in [-0.39, 0.29) is 0 Å². The van der Waals surface area contributed by atoms with Crippen molar-refractivity contribution in [2.45, 2.75) is 58.5 Å². The summed E-state index contributed by atoms with van der Waals surface area (Å²) in [6.07, 6.45) is 5.13. The maximum atomic E-state index is 12.0. The molecule has 1 aromatic rings. The van der Waals surface area contributed by atoms with Crippen LogP contribution < -0.4 is 0 Å². The fourth-order valence-electron chi connectivity index (χ4n) is 1.58. The molecule has 0 saturated carbocycles. The molecule has 20 heavy (non-hydrogen) atoms. The van der Waals surface area contributed by atoms with Gasteiger partial charge in [0.05, 0.1) is 5.56 Å². The molecule has 0 saturated heterocycles. The van der Waals surface area contributed by atoms with Gasteiger partial charge in [0.1, 0.15) is 6.07 Å². The lowest BCUT2D eigenvalue weighted by atomic mass is 10.1. The Morgan fingerprint density at radius 2 is 1.65 bits per heavy atom. The first-order chi connectivity index (χ1) is 9.47. The van der Waals surface area contributed by atoms with Crippen molar-refractivity contribution in [2.75, 3.05) is 0 Å². The van der Waals surface area contributed by atoms with Crippen molar-refractivity contribution < 1.29 is 13.2 Å². The first kappa shape index (κ1) is 18.4. The third-order valence-corrected chi connectivity index (χ3v) is 2.68. The van der Waals surface area contributed by atoms with Crippen LogP contribution in [-0.4, -0.2) is 4.98 Å². The van der Waals surface area contributed by atoms with Gasteiger partial charge in [-0.1, -0.05) is 52.4 Å². The topological polar surface area (TPSA) is 36.7 Å². The fraction of sp³-hybridized carbons (Fsp3) is 0.600. The van der Waals surface area contributed by atoms with Crippen molar-refractivity contribution in [3.8, 4) is 6.07 Å². The average molecular weight is 286 g/mol.